The molecule has 5 heteroatoms. The second-order valence-electron chi connectivity index (χ2n) is 5.24. The Morgan fingerprint density at radius 2 is 1.95 bits per heavy atom. The highest BCUT2D eigenvalue weighted by atomic mass is 16.3. The number of H-pyrrole nitrogens is 1. The molecular weight excluding hydrogens is 266 g/mol. The van der Waals surface area contributed by atoms with Crippen LogP contribution in [0.1, 0.15) is 32.9 Å². The molecule has 1 heterocycles. The van der Waals surface area contributed by atoms with Gasteiger partial charge < -0.3 is 15.0 Å². The minimum absolute atomic E-state index is 0.0731. The van der Waals surface area contributed by atoms with E-state index in [1.54, 1.807) is 17.3 Å². The smallest absolute Gasteiger partial charge is 0.254 e. The Balaban J connectivity index is 2.27. The van der Waals surface area contributed by atoms with Gasteiger partial charge in [-0.3, -0.25) is 4.79 Å². The zero-order chi connectivity index (χ0) is 15.4. The van der Waals surface area contributed by atoms with Crippen LogP contribution in [0.4, 0.5) is 0 Å². The van der Waals surface area contributed by atoms with Gasteiger partial charge in [-0.25, -0.2) is 4.98 Å². The van der Waals surface area contributed by atoms with Crippen LogP contribution in [0.2, 0.25) is 0 Å². The maximum atomic E-state index is 12.7. The number of benzene rings is 1. The number of imidazole rings is 1. The summed E-state index contributed by atoms with van der Waals surface area (Å²) in [6.45, 7) is 6.53. The van der Waals surface area contributed by atoms with Crippen LogP contribution in [0.15, 0.2) is 24.5 Å². The van der Waals surface area contributed by atoms with Crippen LogP contribution in [-0.4, -0.2) is 39.0 Å². The van der Waals surface area contributed by atoms with Crippen LogP contribution >= 0.6 is 0 Å². The van der Waals surface area contributed by atoms with Gasteiger partial charge in [-0.15, -0.1) is 0 Å². The first-order valence-electron chi connectivity index (χ1n) is 6.99. The standard InChI is InChI=1S/C16H21N3O2/c1-11-8-13(3)14(9-12(11)2)16(21)19(6-7-20)10-15-17-4-5-18-15/h4-5,8-9,20H,6-7,10H2,1-3H3,(H,17,18). The molecule has 0 aliphatic heterocycles. The Labute approximate surface area is 124 Å². The van der Waals surface area contributed by atoms with E-state index in [9.17, 15) is 9.90 Å². The Bertz CT molecular complexity index is 621. The molecule has 0 spiro atoms. The topological polar surface area (TPSA) is 69.2 Å². The number of nitrogens with one attached hydrogen (secondary N) is 1. The first-order chi connectivity index (χ1) is 10.0. The molecule has 1 amide bonds. The van der Waals surface area contributed by atoms with E-state index in [4.69, 9.17) is 0 Å². The van der Waals surface area contributed by atoms with Gasteiger partial charge in [-0.1, -0.05) is 6.07 Å². The lowest BCUT2D eigenvalue weighted by molar-refractivity contribution is 0.0702. The molecule has 0 unspecified atom stereocenters. The molecule has 0 atom stereocenters. The van der Waals surface area contributed by atoms with Gasteiger partial charge in [0.2, 0.25) is 0 Å². The quantitative estimate of drug-likeness (QED) is 0.883. The average Bonchev–Trinajstić information content (AvgIpc) is 2.94. The summed E-state index contributed by atoms with van der Waals surface area (Å²) < 4.78 is 0. The summed E-state index contributed by atoms with van der Waals surface area (Å²) in [5, 5.41) is 9.20. The molecule has 112 valence electrons. The third-order valence-electron chi connectivity index (χ3n) is 3.62. The number of aliphatic hydroxyl groups is 1. The van der Waals surface area contributed by atoms with E-state index in [0.29, 0.717) is 17.9 Å². The highest BCUT2D eigenvalue weighted by Crippen LogP contribution is 2.18. The van der Waals surface area contributed by atoms with E-state index < -0.39 is 0 Å². The van der Waals surface area contributed by atoms with Crippen molar-refractivity contribution in [3.05, 3.63) is 52.6 Å². The molecule has 1 aromatic heterocycles. The Morgan fingerprint density at radius 1 is 1.24 bits per heavy atom. The fourth-order valence-corrected chi connectivity index (χ4v) is 2.30. The van der Waals surface area contributed by atoms with Crippen molar-refractivity contribution in [2.75, 3.05) is 13.2 Å². The van der Waals surface area contributed by atoms with Crippen molar-refractivity contribution >= 4 is 5.91 Å². The highest BCUT2D eigenvalue weighted by Gasteiger charge is 2.19. The van der Waals surface area contributed by atoms with Gasteiger partial charge in [0.15, 0.2) is 0 Å². The Hall–Kier alpha value is -2.14. The third-order valence-corrected chi connectivity index (χ3v) is 3.62. The van der Waals surface area contributed by atoms with Gasteiger partial charge >= 0.3 is 0 Å². The van der Waals surface area contributed by atoms with Crippen LogP contribution < -0.4 is 0 Å². The number of aromatic amines is 1. The first kappa shape index (κ1) is 15.3. The van der Waals surface area contributed by atoms with Crippen LogP contribution in [0.25, 0.3) is 0 Å². The molecule has 0 bridgehead atoms. The molecule has 2 rings (SSSR count). The Kier molecular flexibility index (Phi) is 4.75. The number of aliphatic hydroxyl groups excluding tert-OH is 1. The van der Waals surface area contributed by atoms with Crippen molar-refractivity contribution in [1.82, 2.24) is 14.9 Å². The zero-order valence-corrected chi connectivity index (χ0v) is 12.7. The summed E-state index contributed by atoms with van der Waals surface area (Å²) in [6, 6.07) is 3.94. The van der Waals surface area contributed by atoms with Crippen molar-refractivity contribution in [2.45, 2.75) is 27.3 Å². The predicted octanol–water partition coefficient (Wildman–Crippen LogP) is 1.97. The van der Waals surface area contributed by atoms with Gasteiger partial charge in [0, 0.05) is 24.5 Å². The zero-order valence-electron chi connectivity index (χ0n) is 12.7. The van der Waals surface area contributed by atoms with Crippen LogP contribution in [0.5, 0.6) is 0 Å². The molecule has 0 aliphatic carbocycles. The minimum Gasteiger partial charge on any atom is -0.395 e. The van der Waals surface area contributed by atoms with E-state index in [0.717, 1.165) is 11.1 Å². The molecule has 0 saturated carbocycles. The maximum Gasteiger partial charge on any atom is 0.254 e. The van der Waals surface area contributed by atoms with Crippen molar-refractivity contribution in [3.63, 3.8) is 0 Å². The molecule has 0 aliphatic rings. The number of hydrogen-bond acceptors (Lipinski definition) is 3. The molecule has 0 fully saturated rings. The predicted molar refractivity (Wildman–Crippen MR) is 81.1 cm³/mol. The normalized spacial score (nSPS) is 10.7. The SMILES string of the molecule is Cc1cc(C)c(C(=O)N(CCO)Cc2ncc[nH]2)cc1C. The number of amides is 1. The second-order valence-corrected chi connectivity index (χ2v) is 5.24. The highest BCUT2D eigenvalue weighted by molar-refractivity contribution is 5.96. The number of hydrogen-bond donors (Lipinski definition) is 2. The fraction of sp³-hybridized carbons (Fsp3) is 0.375. The number of rotatable bonds is 5. The summed E-state index contributed by atoms with van der Waals surface area (Å²) in [6.07, 6.45) is 3.37. The monoisotopic (exact) mass is 287 g/mol. The molecule has 0 saturated heterocycles. The number of aryl methyl sites for hydroxylation is 3. The van der Waals surface area contributed by atoms with Crippen molar-refractivity contribution in [2.24, 2.45) is 0 Å². The van der Waals surface area contributed by atoms with E-state index >= 15 is 0 Å². The molecule has 1 aromatic carbocycles. The van der Waals surface area contributed by atoms with Gasteiger partial charge in [-0.2, -0.15) is 0 Å². The van der Waals surface area contributed by atoms with Crippen molar-refractivity contribution < 1.29 is 9.90 Å². The molecular formula is C16H21N3O2. The molecule has 2 aromatic rings. The van der Waals surface area contributed by atoms with Crippen molar-refractivity contribution in [3.8, 4) is 0 Å². The van der Waals surface area contributed by atoms with Gasteiger partial charge in [0.05, 0.1) is 13.2 Å². The summed E-state index contributed by atoms with van der Waals surface area (Å²) in [5.74, 6) is 0.624. The number of carbonyl (C=O) groups is 1. The lowest BCUT2D eigenvalue weighted by Crippen LogP contribution is -2.34. The van der Waals surface area contributed by atoms with Crippen molar-refractivity contribution in [1.29, 1.82) is 0 Å². The fourth-order valence-electron chi connectivity index (χ4n) is 2.30. The summed E-state index contributed by atoms with van der Waals surface area (Å²) in [7, 11) is 0. The average molecular weight is 287 g/mol. The van der Waals surface area contributed by atoms with Gasteiger partial charge in [0.25, 0.3) is 5.91 Å². The Morgan fingerprint density at radius 3 is 2.57 bits per heavy atom. The largest absolute Gasteiger partial charge is 0.395 e. The third kappa shape index (κ3) is 3.49. The molecule has 5 nitrogen and oxygen atoms in total. The summed E-state index contributed by atoms with van der Waals surface area (Å²) in [4.78, 5) is 21.4. The first-order valence-corrected chi connectivity index (χ1v) is 6.99. The van der Waals surface area contributed by atoms with Crippen LogP contribution in [-0.2, 0) is 6.54 Å². The van der Waals surface area contributed by atoms with Crippen LogP contribution in [0, 0.1) is 20.8 Å². The van der Waals surface area contributed by atoms with Gasteiger partial charge in [0.1, 0.15) is 5.82 Å². The number of carbonyl (C=O) groups excluding carboxylic acids is 1. The molecule has 21 heavy (non-hydrogen) atoms. The lowest BCUT2D eigenvalue weighted by atomic mass is 10.00. The maximum absolute atomic E-state index is 12.7. The minimum atomic E-state index is -0.0824. The second kappa shape index (κ2) is 6.54. The summed E-state index contributed by atoms with van der Waals surface area (Å²) in [5.41, 5.74) is 3.89. The van der Waals surface area contributed by atoms with Crippen LogP contribution in [0.3, 0.4) is 0 Å². The molecule has 0 radical (unpaired) electrons. The number of nitrogens with zero attached hydrogens (tertiary/aromatic N) is 2. The van der Waals surface area contributed by atoms with Gasteiger partial charge in [-0.05, 0) is 43.5 Å². The summed E-state index contributed by atoms with van der Waals surface area (Å²) >= 11 is 0. The van der Waals surface area contributed by atoms with E-state index in [2.05, 4.69) is 9.97 Å². The molecule has 2 N–H and O–H groups in total. The van der Waals surface area contributed by atoms with E-state index in [1.165, 1.54) is 5.56 Å². The number of aromatic nitrogens is 2. The van der Waals surface area contributed by atoms with E-state index in [1.807, 2.05) is 32.9 Å². The van der Waals surface area contributed by atoms with E-state index in [-0.39, 0.29) is 19.1 Å². The lowest BCUT2D eigenvalue weighted by Gasteiger charge is -2.22.